The van der Waals surface area contributed by atoms with Gasteiger partial charge in [-0.2, -0.15) is 5.10 Å². The van der Waals surface area contributed by atoms with Crippen molar-refractivity contribution in [2.45, 2.75) is 0 Å². The summed E-state index contributed by atoms with van der Waals surface area (Å²) < 4.78 is 20.3. The predicted molar refractivity (Wildman–Crippen MR) is 116 cm³/mol. The monoisotopic (exact) mass is 416 g/mol. The average molecular weight is 416 g/mol. The van der Waals surface area contributed by atoms with Crippen LogP contribution in [0, 0.1) is 5.82 Å². The maximum Gasteiger partial charge on any atom is 0.257 e. The maximum atomic E-state index is 13.2. The Hall–Kier alpha value is -4.00. The van der Waals surface area contributed by atoms with E-state index >= 15 is 0 Å². The van der Waals surface area contributed by atoms with Gasteiger partial charge in [-0.15, -0.1) is 0 Å². The molecule has 0 fully saturated rings. The first kappa shape index (κ1) is 20.3. The Morgan fingerprint density at radius 1 is 1.06 bits per heavy atom. The SMILES string of the molecule is CN(CCOc1ccc(F)cc1)C(=O)c1cn(-c2ccccc2)nc1-c1cccnc1. The van der Waals surface area contributed by atoms with Crippen molar-refractivity contribution in [1.29, 1.82) is 0 Å². The number of pyridine rings is 1. The third-order valence-electron chi connectivity index (χ3n) is 4.76. The van der Waals surface area contributed by atoms with Gasteiger partial charge in [0, 0.05) is 31.2 Å². The lowest BCUT2D eigenvalue weighted by Crippen LogP contribution is -2.31. The van der Waals surface area contributed by atoms with Gasteiger partial charge in [-0.1, -0.05) is 18.2 Å². The molecule has 0 unspecified atom stereocenters. The molecular formula is C24H21FN4O2. The number of carbonyl (C=O) groups excluding carboxylic acids is 1. The summed E-state index contributed by atoms with van der Waals surface area (Å²) in [5.74, 6) is 0.0527. The van der Waals surface area contributed by atoms with Crippen LogP contribution in [0.15, 0.2) is 85.3 Å². The smallest absolute Gasteiger partial charge is 0.257 e. The molecule has 0 aliphatic heterocycles. The molecule has 4 aromatic rings. The quantitative estimate of drug-likeness (QED) is 0.453. The third-order valence-corrected chi connectivity index (χ3v) is 4.76. The number of rotatable bonds is 7. The van der Waals surface area contributed by atoms with Crippen LogP contribution in [-0.2, 0) is 0 Å². The molecule has 0 bridgehead atoms. The second-order valence-electron chi connectivity index (χ2n) is 6.94. The van der Waals surface area contributed by atoms with Gasteiger partial charge in [0.1, 0.15) is 23.9 Å². The van der Waals surface area contributed by atoms with Crippen molar-refractivity contribution >= 4 is 5.91 Å². The molecule has 0 aliphatic rings. The zero-order chi connectivity index (χ0) is 21.6. The van der Waals surface area contributed by atoms with Crippen molar-refractivity contribution in [2.24, 2.45) is 0 Å². The van der Waals surface area contributed by atoms with E-state index in [-0.39, 0.29) is 18.3 Å². The van der Waals surface area contributed by atoms with Crippen molar-refractivity contribution in [2.75, 3.05) is 20.2 Å². The van der Waals surface area contributed by atoms with Gasteiger partial charge in [0.2, 0.25) is 0 Å². The van der Waals surface area contributed by atoms with Crippen LogP contribution in [-0.4, -0.2) is 45.8 Å². The van der Waals surface area contributed by atoms with E-state index in [4.69, 9.17) is 4.74 Å². The first-order valence-electron chi connectivity index (χ1n) is 9.81. The van der Waals surface area contributed by atoms with Crippen LogP contribution in [0.1, 0.15) is 10.4 Å². The highest BCUT2D eigenvalue weighted by Crippen LogP contribution is 2.24. The summed E-state index contributed by atoms with van der Waals surface area (Å²) >= 11 is 0. The Morgan fingerprint density at radius 2 is 1.84 bits per heavy atom. The summed E-state index contributed by atoms with van der Waals surface area (Å²) in [7, 11) is 1.71. The van der Waals surface area contributed by atoms with E-state index in [0.29, 0.717) is 23.6 Å². The molecular weight excluding hydrogens is 395 g/mol. The minimum atomic E-state index is -0.321. The summed E-state index contributed by atoms with van der Waals surface area (Å²) in [5.41, 5.74) is 2.65. The van der Waals surface area contributed by atoms with Crippen molar-refractivity contribution in [3.05, 3.63) is 96.7 Å². The summed E-state index contributed by atoms with van der Waals surface area (Å²) in [4.78, 5) is 19.0. The number of nitrogens with zero attached hydrogens (tertiary/aromatic N) is 4. The molecule has 0 N–H and O–H groups in total. The van der Waals surface area contributed by atoms with Gasteiger partial charge in [0.15, 0.2) is 0 Å². The van der Waals surface area contributed by atoms with Crippen molar-refractivity contribution in [3.8, 4) is 22.7 Å². The van der Waals surface area contributed by atoms with Crippen molar-refractivity contribution < 1.29 is 13.9 Å². The average Bonchev–Trinajstić information content (AvgIpc) is 3.26. The molecule has 7 heteroatoms. The number of carbonyl (C=O) groups is 1. The minimum absolute atomic E-state index is 0.177. The van der Waals surface area contributed by atoms with Crippen molar-refractivity contribution in [3.63, 3.8) is 0 Å². The summed E-state index contributed by atoms with van der Waals surface area (Å²) in [6, 6.07) is 19.1. The van der Waals surface area contributed by atoms with Crippen LogP contribution in [0.2, 0.25) is 0 Å². The molecule has 2 aromatic heterocycles. The topological polar surface area (TPSA) is 60.2 Å². The summed E-state index contributed by atoms with van der Waals surface area (Å²) in [5, 5.41) is 4.65. The number of aromatic nitrogens is 3. The molecule has 0 atom stereocenters. The number of amides is 1. The normalized spacial score (nSPS) is 10.6. The fourth-order valence-corrected chi connectivity index (χ4v) is 3.10. The molecule has 2 heterocycles. The highest BCUT2D eigenvalue weighted by atomic mass is 19.1. The number of hydrogen-bond acceptors (Lipinski definition) is 4. The summed E-state index contributed by atoms with van der Waals surface area (Å²) in [6.45, 7) is 0.641. The van der Waals surface area contributed by atoms with Crippen LogP contribution in [0.3, 0.4) is 0 Å². The zero-order valence-corrected chi connectivity index (χ0v) is 17.0. The van der Waals surface area contributed by atoms with E-state index in [0.717, 1.165) is 11.3 Å². The molecule has 4 rings (SSSR count). The number of hydrogen-bond donors (Lipinski definition) is 0. The predicted octanol–water partition coefficient (Wildman–Crippen LogP) is 4.22. The number of halogens is 1. The fraction of sp³-hybridized carbons (Fsp3) is 0.125. The van der Waals surface area contributed by atoms with Gasteiger partial charge < -0.3 is 9.64 Å². The van der Waals surface area contributed by atoms with Crippen molar-refractivity contribution in [1.82, 2.24) is 19.7 Å². The Balaban J connectivity index is 1.54. The van der Waals surface area contributed by atoms with Crippen LogP contribution < -0.4 is 4.74 Å². The first-order chi connectivity index (χ1) is 15.1. The van der Waals surface area contributed by atoms with E-state index in [2.05, 4.69) is 10.1 Å². The Labute approximate surface area is 179 Å². The van der Waals surface area contributed by atoms with Crippen LogP contribution >= 0.6 is 0 Å². The fourth-order valence-electron chi connectivity index (χ4n) is 3.10. The molecule has 0 saturated carbocycles. The maximum absolute atomic E-state index is 13.2. The van der Waals surface area contributed by atoms with Crippen LogP contribution in [0.4, 0.5) is 4.39 Å². The third kappa shape index (κ3) is 4.78. The van der Waals surface area contributed by atoms with E-state index in [1.807, 2.05) is 42.5 Å². The Bertz CT molecular complexity index is 1150. The van der Waals surface area contributed by atoms with Gasteiger partial charge in [-0.25, -0.2) is 9.07 Å². The summed E-state index contributed by atoms with van der Waals surface area (Å²) in [6.07, 6.45) is 5.10. The number of para-hydroxylation sites is 1. The standard InChI is InChI=1S/C24H21FN4O2/c1-28(14-15-31-21-11-9-19(25)10-12-21)24(30)22-17-29(20-7-3-2-4-8-20)27-23(22)18-6-5-13-26-16-18/h2-13,16-17H,14-15H2,1H3. The van der Waals surface area contributed by atoms with E-state index in [1.165, 1.54) is 12.1 Å². The minimum Gasteiger partial charge on any atom is -0.492 e. The Morgan fingerprint density at radius 3 is 2.55 bits per heavy atom. The highest BCUT2D eigenvalue weighted by molar-refractivity contribution is 5.99. The molecule has 1 amide bonds. The van der Waals surface area contributed by atoms with Crippen LogP contribution in [0.25, 0.3) is 16.9 Å². The van der Waals surface area contributed by atoms with Gasteiger partial charge in [-0.05, 0) is 48.5 Å². The number of likely N-dealkylation sites (N-methyl/N-ethyl adjacent to an activating group) is 1. The van der Waals surface area contributed by atoms with E-state index in [1.54, 1.807) is 47.4 Å². The lowest BCUT2D eigenvalue weighted by atomic mass is 10.1. The molecule has 0 radical (unpaired) electrons. The lowest BCUT2D eigenvalue weighted by Gasteiger charge is -2.17. The number of ether oxygens (including phenoxy) is 1. The molecule has 6 nitrogen and oxygen atoms in total. The Kier molecular flexibility index (Phi) is 6.03. The largest absolute Gasteiger partial charge is 0.492 e. The highest BCUT2D eigenvalue weighted by Gasteiger charge is 2.21. The zero-order valence-electron chi connectivity index (χ0n) is 17.0. The molecule has 0 aliphatic carbocycles. The van der Waals surface area contributed by atoms with Gasteiger partial charge in [0.25, 0.3) is 5.91 Å². The van der Waals surface area contributed by atoms with Gasteiger partial charge in [-0.3, -0.25) is 9.78 Å². The number of benzene rings is 2. The van der Waals surface area contributed by atoms with E-state index in [9.17, 15) is 9.18 Å². The second kappa shape index (κ2) is 9.21. The molecule has 2 aromatic carbocycles. The molecule has 0 spiro atoms. The van der Waals surface area contributed by atoms with Gasteiger partial charge >= 0.3 is 0 Å². The molecule has 31 heavy (non-hydrogen) atoms. The molecule has 0 saturated heterocycles. The van der Waals surface area contributed by atoms with E-state index < -0.39 is 0 Å². The second-order valence-corrected chi connectivity index (χ2v) is 6.94. The van der Waals surface area contributed by atoms with Gasteiger partial charge in [0.05, 0.1) is 17.8 Å². The lowest BCUT2D eigenvalue weighted by molar-refractivity contribution is 0.0774. The molecule has 156 valence electrons. The first-order valence-corrected chi connectivity index (χ1v) is 9.81. The van der Waals surface area contributed by atoms with Crippen LogP contribution in [0.5, 0.6) is 5.75 Å².